The van der Waals surface area contributed by atoms with Crippen LogP contribution in [-0.4, -0.2) is 17.7 Å². The summed E-state index contributed by atoms with van der Waals surface area (Å²) < 4.78 is 4.80. The summed E-state index contributed by atoms with van der Waals surface area (Å²) >= 11 is 0. The highest BCUT2D eigenvalue weighted by atomic mass is 16.5. The third-order valence-corrected chi connectivity index (χ3v) is 2.65. The number of aryl methyl sites for hydroxylation is 1. The van der Waals surface area contributed by atoms with Gasteiger partial charge in [-0.1, -0.05) is 12.1 Å². The lowest BCUT2D eigenvalue weighted by Gasteiger charge is -2.04. The van der Waals surface area contributed by atoms with Crippen molar-refractivity contribution in [2.75, 3.05) is 6.61 Å². The number of allylic oxidation sites excluding steroid dienone is 1. The standard InChI is InChI=1S/C14H18N2O3/c1-5-19-14(18)13(11(4)17)16-15-12-8-6-7-9(2)10(12)3/h6-8,17H,5H2,1-4H3. The number of hydrogen-bond acceptors (Lipinski definition) is 5. The van der Waals surface area contributed by atoms with Crippen molar-refractivity contribution in [3.05, 3.63) is 40.8 Å². The maximum atomic E-state index is 11.6. The first kappa shape index (κ1) is 14.9. The molecule has 19 heavy (non-hydrogen) atoms. The molecule has 1 rings (SSSR count). The first-order chi connectivity index (χ1) is 8.97. The summed E-state index contributed by atoms with van der Waals surface area (Å²) in [4.78, 5) is 11.6. The SMILES string of the molecule is CCOC(=O)C(N=Nc1cccc(C)c1C)=C(C)O. The minimum absolute atomic E-state index is 0.178. The van der Waals surface area contributed by atoms with Crippen molar-refractivity contribution < 1.29 is 14.6 Å². The molecule has 0 spiro atoms. The topological polar surface area (TPSA) is 71.2 Å². The Morgan fingerprint density at radius 1 is 1.37 bits per heavy atom. The van der Waals surface area contributed by atoms with E-state index in [0.717, 1.165) is 11.1 Å². The van der Waals surface area contributed by atoms with Crippen LogP contribution in [-0.2, 0) is 9.53 Å². The van der Waals surface area contributed by atoms with Gasteiger partial charge in [0.1, 0.15) is 5.76 Å². The van der Waals surface area contributed by atoms with Gasteiger partial charge in [-0.3, -0.25) is 0 Å². The van der Waals surface area contributed by atoms with Crippen LogP contribution in [0.25, 0.3) is 0 Å². The molecule has 0 saturated heterocycles. The molecule has 1 aromatic rings. The van der Waals surface area contributed by atoms with Crippen LogP contribution >= 0.6 is 0 Å². The van der Waals surface area contributed by atoms with Gasteiger partial charge in [0.25, 0.3) is 0 Å². The van der Waals surface area contributed by atoms with Crippen LogP contribution < -0.4 is 0 Å². The summed E-state index contributed by atoms with van der Waals surface area (Å²) in [5.41, 5.74) is 2.54. The highest BCUT2D eigenvalue weighted by Gasteiger charge is 2.14. The zero-order valence-electron chi connectivity index (χ0n) is 11.6. The van der Waals surface area contributed by atoms with Crippen molar-refractivity contribution in [1.82, 2.24) is 0 Å². The van der Waals surface area contributed by atoms with E-state index in [0.29, 0.717) is 5.69 Å². The molecule has 0 aromatic heterocycles. The molecule has 0 aliphatic heterocycles. The summed E-state index contributed by atoms with van der Waals surface area (Å²) in [6, 6.07) is 5.62. The minimum Gasteiger partial charge on any atom is -0.510 e. The van der Waals surface area contributed by atoms with Gasteiger partial charge in [0.05, 0.1) is 12.3 Å². The smallest absolute Gasteiger partial charge is 0.362 e. The van der Waals surface area contributed by atoms with Gasteiger partial charge in [-0.15, -0.1) is 10.2 Å². The lowest BCUT2D eigenvalue weighted by atomic mass is 10.1. The zero-order chi connectivity index (χ0) is 14.4. The third-order valence-electron chi connectivity index (χ3n) is 2.65. The van der Waals surface area contributed by atoms with E-state index in [1.54, 1.807) is 13.0 Å². The van der Waals surface area contributed by atoms with Crippen molar-refractivity contribution in [3.8, 4) is 0 Å². The molecule has 0 heterocycles. The van der Waals surface area contributed by atoms with Crippen LogP contribution in [0, 0.1) is 13.8 Å². The summed E-state index contributed by atoms with van der Waals surface area (Å²) in [5, 5.41) is 17.2. The van der Waals surface area contributed by atoms with Gasteiger partial charge in [0.2, 0.25) is 5.70 Å². The molecular formula is C14H18N2O3. The van der Waals surface area contributed by atoms with Crippen molar-refractivity contribution in [2.24, 2.45) is 10.2 Å². The second-order valence-corrected chi connectivity index (χ2v) is 4.07. The molecule has 1 N–H and O–H groups in total. The number of azo groups is 1. The van der Waals surface area contributed by atoms with E-state index in [2.05, 4.69) is 10.2 Å². The fraction of sp³-hybridized carbons (Fsp3) is 0.357. The number of hydrogen-bond donors (Lipinski definition) is 1. The summed E-state index contributed by atoms with van der Waals surface area (Å²) in [6.45, 7) is 7.16. The van der Waals surface area contributed by atoms with Gasteiger partial charge < -0.3 is 9.84 Å². The average Bonchev–Trinajstić information content (AvgIpc) is 2.34. The minimum atomic E-state index is -0.684. The highest BCUT2D eigenvalue weighted by Crippen LogP contribution is 2.22. The van der Waals surface area contributed by atoms with Gasteiger partial charge in [-0.2, -0.15) is 0 Å². The van der Waals surface area contributed by atoms with Gasteiger partial charge in [-0.25, -0.2) is 4.79 Å². The number of carbonyl (C=O) groups excluding carboxylic acids is 1. The van der Waals surface area contributed by atoms with Crippen LogP contribution in [0.5, 0.6) is 0 Å². The Labute approximate surface area is 112 Å². The van der Waals surface area contributed by atoms with Crippen molar-refractivity contribution in [3.63, 3.8) is 0 Å². The molecule has 0 radical (unpaired) electrons. The summed E-state index contributed by atoms with van der Waals surface area (Å²) in [6.07, 6.45) is 0. The maximum Gasteiger partial charge on any atom is 0.362 e. The summed E-state index contributed by atoms with van der Waals surface area (Å²) in [5.74, 6) is -0.899. The van der Waals surface area contributed by atoms with E-state index in [4.69, 9.17) is 4.74 Å². The Kier molecular flexibility index (Phi) is 5.23. The molecule has 0 amide bonds. The molecule has 5 heteroatoms. The molecule has 1 aromatic carbocycles. The molecule has 0 unspecified atom stereocenters. The predicted molar refractivity (Wildman–Crippen MR) is 72.4 cm³/mol. The number of nitrogens with zero attached hydrogens (tertiary/aromatic N) is 2. The van der Waals surface area contributed by atoms with Crippen LogP contribution in [0.4, 0.5) is 5.69 Å². The predicted octanol–water partition coefficient (Wildman–Crippen LogP) is 3.74. The molecule has 0 atom stereocenters. The van der Waals surface area contributed by atoms with Gasteiger partial charge >= 0.3 is 5.97 Å². The highest BCUT2D eigenvalue weighted by molar-refractivity contribution is 5.88. The molecule has 102 valence electrons. The van der Waals surface area contributed by atoms with Gasteiger partial charge in [0, 0.05) is 0 Å². The molecule has 0 saturated carbocycles. The number of rotatable bonds is 4. The van der Waals surface area contributed by atoms with Crippen LogP contribution in [0.1, 0.15) is 25.0 Å². The number of esters is 1. The van der Waals surface area contributed by atoms with E-state index in [9.17, 15) is 9.90 Å². The fourth-order valence-corrected chi connectivity index (χ4v) is 1.41. The number of aliphatic hydroxyl groups is 1. The van der Waals surface area contributed by atoms with Crippen molar-refractivity contribution in [2.45, 2.75) is 27.7 Å². The summed E-state index contributed by atoms with van der Waals surface area (Å²) in [7, 11) is 0. The van der Waals surface area contributed by atoms with E-state index in [-0.39, 0.29) is 18.1 Å². The Morgan fingerprint density at radius 3 is 2.63 bits per heavy atom. The number of ether oxygens (including phenoxy) is 1. The largest absolute Gasteiger partial charge is 0.510 e. The maximum absolute atomic E-state index is 11.6. The molecule has 0 aliphatic carbocycles. The van der Waals surface area contributed by atoms with Crippen molar-refractivity contribution in [1.29, 1.82) is 0 Å². The van der Waals surface area contributed by atoms with Gasteiger partial charge in [0.15, 0.2) is 0 Å². The van der Waals surface area contributed by atoms with E-state index in [1.807, 2.05) is 26.0 Å². The van der Waals surface area contributed by atoms with Crippen LogP contribution in [0.2, 0.25) is 0 Å². The fourth-order valence-electron chi connectivity index (χ4n) is 1.41. The average molecular weight is 262 g/mol. The first-order valence-corrected chi connectivity index (χ1v) is 6.02. The van der Waals surface area contributed by atoms with Crippen molar-refractivity contribution >= 4 is 11.7 Å². The quantitative estimate of drug-likeness (QED) is 0.389. The van der Waals surface area contributed by atoms with E-state index in [1.165, 1.54) is 6.92 Å². The normalized spacial score (nSPS) is 12.4. The number of carbonyl (C=O) groups is 1. The van der Waals surface area contributed by atoms with Crippen LogP contribution in [0.3, 0.4) is 0 Å². The second kappa shape index (κ2) is 6.68. The van der Waals surface area contributed by atoms with Gasteiger partial charge in [-0.05, 0) is 44.9 Å². The molecule has 0 aliphatic rings. The van der Waals surface area contributed by atoms with E-state index < -0.39 is 5.97 Å². The van der Waals surface area contributed by atoms with E-state index >= 15 is 0 Å². The first-order valence-electron chi connectivity index (χ1n) is 6.02. The molecular weight excluding hydrogens is 244 g/mol. The molecule has 0 bridgehead atoms. The monoisotopic (exact) mass is 262 g/mol. The second-order valence-electron chi connectivity index (χ2n) is 4.07. The number of benzene rings is 1. The lowest BCUT2D eigenvalue weighted by molar-refractivity contribution is -0.138. The lowest BCUT2D eigenvalue weighted by Crippen LogP contribution is -2.07. The number of aliphatic hydroxyl groups excluding tert-OH is 1. The Hall–Kier alpha value is -2.17. The Bertz CT molecular complexity index is 529. The molecule has 0 fully saturated rings. The Balaban J connectivity index is 3.04. The zero-order valence-corrected chi connectivity index (χ0v) is 11.6. The van der Waals surface area contributed by atoms with Crippen LogP contribution in [0.15, 0.2) is 39.9 Å². The third kappa shape index (κ3) is 3.91. The Morgan fingerprint density at radius 2 is 2.05 bits per heavy atom. The molecule has 5 nitrogen and oxygen atoms in total.